The van der Waals surface area contributed by atoms with Crippen molar-refractivity contribution in [3.63, 3.8) is 0 Å². The fraction of sp³-hybridized carbons (Fsp3) is 0.379. The largest absolute Gasteiger partial charge is 0.497 e. The Morgan fingerprint density at radius 3 is 2.53 bits per heavy atom. The average Bonchev–Trinajstić information content (AvgIpc) is 3.25. The summed E-state index contributed by atoms with van der Waals surface area (Å²) >= 11 is 0. The molecule has 0 fully saturated rings. The fourth-order valence-corrected chi connectivity index (χ4v) is 4.39. The Hall–Kier alpha value is -4.14. The molecular formula is C29H35N5O4. The number of methoxy groups -OCH3 is 1. The van der Waals surface area contributed by atoms with Crippen molar-refractivity contribution in [1.82, 2.24) is 19.6 Å². The van der Waals surface area contributed by atoms with Crippen LogP contribution >= 0.6 is 0 Å². The maximum Gasteiger partial charge on any atom is 0.325 e. The van der Waals surface area contributed by atoms with E-state index >= 15 is 0 Å². The molecule has 0 N–H and O–H groups in total. The first-order valence-corrected chi connectivity index (χ1v) is 12.9. The van der Waals surface area contributed by atoms with Crippen LogP contribution in [0.2, 0.25) is 0 Å². The number of imidazole rings is 1. The average molecular weight is 518 g/mol. The predicted molar refractivity (Wildman–Crippen MR) is 147 cm³/mol. The lowest BCUT2D eigenvalue weighted by atomic mass is 10.1. The third-order valence-corrected chi connectivity index (χ3v) is 6.14. The minimum atomic E-state index is -0.309. The lowest BCUT2D eigenvalue weighted by molar-refractivity contribution is -0.141. The summed E-state index contributed by atoms with van der Waals surface area (Å²) < 4.78 is 18.4. The second-order valence-electron chi connectivity index (χ2n) is 9.17. The topological polar surface area (TPSA) is 91.1 Å². The van der Waals surface area contributed by atoms with Crippen LogP contribution in [0.15, 0.2) is 48.7 Å². The van der Waals surface area contributed by atoms with E-state index in [2.05, 4.69) is 18.8 Å². The normalized spacial score (nSPS) is 11.1. The number of aromatic nitrogens is 4. The van der Waals surface area contributed by atoms with Gasteiger partial charge in [0, 0.05) is 12.7 Å². The van der Waals surface area contributed by atoms with Gasteiger partial charge < -0.3 is 19.1 Å². The summed E-state index contributed by atoms with van der Waals surface area (Å²) in [4.78, 5) is 24.1. The highest BCUT2D eigenvalue weighted by Gasteiger charge is 2.24. The SMILES string of the molecule is CCOC(=O)CN(Cc1ccc(OC)cc1)c1cc(-c2cccnc2OCC)nn2c(C)nc(C(C)C)c12. The number of fused-ring (bicyclic) bond motifs is 1. The van der Waals surface area contributed by atoms with Crippen molar-refractivity contribution in [2.45, 2.75) is 47.1 Å². The van der Waals surface area contributed by atoms with Crippen LogP contribution < -0.4 is 14.4 Å². The molecule has 0 aliphatic carbocycles. The van der Waals surface area contributed by atoms with Gasteiger partial charge in [-0.05, 0) is 62.6 Å². The monoisotopic (exact) mass is 517 g/mol. The zero-order chi connectivity index (χ0) is 27.2. The maximum absolute atomic E-state index is 12.8. The molecule has 4 aromatic rings. The molecule has 3 aromatic heterocycles. The van der Waals surface area contributed by atoms with E-state index in [0.717, 1.165) is 39.6 Å². The van der Waals surface area contributed by atoms with Gasteiger partial charge in [0.1, 0.15) is 23.6 Å². The van der Waals surface area contributed by atoms with E-state index in [1.54, 1.807) is 13.3 Å². The van der Waals surface area contributed by atoms with E-state index in [1.165, 1.54) is 0 Å². The van der Waals surface area contributed by atoms with E-state index in [-0.39, 0.29) is 18.4 Å². The first-order valence-electron chi connectivity index (χ1n) is 12.9. The highest BCUT2D eigenvalue weighted by molar-refractivity contribution is 5.85. The first-order chi connectivity index (χ1) is 18.4. The summed E-state index contributed by atoms with van der Waals surface area (Å²) in [7, 11) is 1.64. The van der Waals surface area contributed by atoms with Crippen LogP contribution in [0.5, 0.6) is 11.6 Å². The molecule has 9 nitrogen and oxygen atoms in total. The van der Waals surface area contributed by atoms with Gasteiger partial charge in [0.15, 0.2) is 0 Å². The smallest absolute Gasteiger partial charge is 0.325 e. The molecule has 0 radical (unpaired) electrons. The molecular weight excluding hydrogens is 482 g/mol. The maximum atomic E-state index is 12.8. The Balaban J connectivity index is 1.94. The highest BCUT2D eigenvalue weighted by atomic mass is 16.5. The lowest BCUT2D eigenvalue weighted by Crippen LogP contribution is -2.31. The Bertz CT molecular complexity index is 1400. The van der Waals surface area contributed by atoms with Crippen LogP contribution in [0.1, 0.15) is 50.7 Å². The minimum Gasteiger partial charge on any atom is -0.497 e. The van der Waals surface area contributed by atoms with Gasteiger partial charge in [0.2, 0.25) is 5.88 Å². The standard InChI is InChI=1S/C29H35N5O4/c1-7-37-26(35)18-33(17-21-11-13-22(36-6)14-12-21)25-16-24(23-10-9-15-30-29(23)38-8-2)32-34-20(5)31-27(19(3)4)28(25)34/h9-16,19H,7-8,17-18H2,1-6H3. The van der Waals surface area contributed by atoms with Gasteiger partial charge in [0.25, 0.3) is 0 Å². The zero-order valence-corrected chi connectivity index (χ0v) is 22.9. The molecule has 1 aromatic carbocycles. The van der Waals surface area contributed by atoms with E-state index < -0.39 is 0 Å². The van der Waals surface area contributed by atoms with Crippen LogP contribution in [0.25, 0.3) is 16.8 Å². The summed E-state index contributed by atoms with van der Waals surface area (Å²) in [6, 6.07) is 13.6. The van der Waals surface area contributed by atoms with Crippen molar-refractivity contribution < 1.29 is 19.0 Å². The van der Waals surface area contributed by atoms with Crippen LogP contribution in [-0.2, 0) is 16.1 Å². The molecule has 3 heterocycles. The van der Waals surface area contributed by atoms with Crippen LogP contribution in [0, 0.1) is 6.92 Å². The number of benzene rings is 1. The predicted octanol–water partition coefficient (Wildman–Crippen LogP) is 5.20. The Kier molecular flexibility index (Phi) is 8.45. The summed E-state index contributed by atoms with van der Waals surface area (Å²) in [6.07, 6.45) is 1.70. The summed E-state index contributed by atoms with van der Waals surface area (Å²) in [5, 5.41) is 4.95. The third-order valence-electron chi connectivity index (χ3n) is 6.14. The second kappa shape index (κ2) is 11.9. The summed E-state index contributed by atoms with van der Waals surface area (Å²) in [5.41, 5.74) is 5.05. The Morgan fingerprint density at radius 1 is 1.11 bits per heavy atom. The van der Waals surface area contributed by atoms with Crippen molar-refractivity contribution >= 4 is 17.2 Å². The third kappa shape index (κ3) is 5.72. The molecule has 0 saturated carbocycles. The Labute approximate surface area is 223 Å². The number of hydrogen-bond acceptors (Lipinski definition) is 8. The van der Waals surface area contributed by atoms with E-state index in [9.17, 15) is 4.79 Å². The van der Waals surface area contributed by atoms with E-state index in [0.29, 0.717) is 31.3 Å². The number of pyridine rings is 1. The van der Waals surface area contributed by atoms with Crippen molar-refractivity contribution in [3.05, 3.63) is 65.7 Å². The molecule has 38 heavy (non-hydrogen) atoms. The molecule has 0 bridgehead atoms. The molecule has 0 aliphatic rings. The van der Waals surface area contributed by atoms with Gasteiger partial charge >= 0.3 is 5.97 Å². The fourth-order valence-electron chi connectivity index (χ4n) is 4.39. The van der Waals surface area contributed by atoms with Gasteiger partial charge in [-0.25, -0.2) is 14.5 Å². The number of ether oxygens (including phenoxy) is 3. The van der Waals surface area contributed by atoms with Gasteiger partial charge in [-0.15, -0.1) is 0 Å². The number of anilines is 1. The number of aryl methyl sites for hydroxylation is 1. The number of carbonyl (C=O) groups excluding carboxylic acids is 1. The molecule has 0 aliphatic heterocycles. The molecule has 0 saturated heterocycles. The van der Waals surface area contributed by atoms with Gasteiger partial charge in [-0.2, -0.15) is 5.10 Å². The van der Waals surface area contributed by atoms with Gasteiger partial charge in [-0.1, -0.05) is 26.0 Å². The van der Waals surface area contributed by atoms with E-state index in [1.807, 2.05) is 72.7 Å². The number of rotatable bonds is 11. The molecule has 200 valence electrons. The Morgan fingerprint density at radius 2 is 1.87 bits per heavy atom. The summed E-state index contributed by atoms with van der Waals surface area (Å²) in [5.74, 6) is 1.87. The number of nitrogens with zero attached hydrogens (tertiary/aromatic N) is 5. The summed E-state index contributed by atoms with van der Waals surface area (Å²) in [6.45, 7) is 11.2. The zero-order valence-electron chi connectivity index (χ0n) is 22.9. The van der Waals surface area contributed by atoms with Crippen molar-refractivity contribution in [3.8, 4) is 22.9 Å². The molecule has 0 amide bonds. The van der Waals surface area contributed by atoms with Gasteiger partial charge in [-0.3, -0.25) is 4.79 Å². The van der Waals surface area contributed by atoms with Crippen molar-refractivity contribution in [2.75, 3.05) is 31.8 Å². The number of hydrogen-bond donors (Lipinski definition) is 0. The highest BCUT2D eigenvalue weighted by Crippen LogP contribution is 2.36. The molecule has 0 atom stereocenters. The molecule has 4 rings (SSSR count). The van der Waals surface area contributed by atoms with Crippen LogP contribution in [-0.4, -0.2) is 52.4 Å². The number of esters is 1. The van der Waals surface area contributed by atoms with E-state index in [4.69, 9.17) is 24.3 Å². The van der Waals surface area contributed by atoms with Crippen LogP contribution in [0.4, 0.5) is 5.69 Å². The second-order valence-corrected chi connectivity index (χ2v) is 9.17. The number of carbonyl (C=O) groups is 1. The quantitative estimate of drug-likeness (QED) is 0.251. The first kappa shape index (κ1) is 26.9. The molecule has 0 unspecified atom stereocenters. The molecule has 0 spiro atoms. The van der Waals surface area contributed by atoms with Crippen molar-refractivity contribution in [2.24, 2.45) is 0 Å². The van der Waals surface area contributed by atoms with Crippen LogP contribution in [0.3, 0.4) is 0 Å². The molecule has 9 heteroatoms. The van der Waals surface area contributed by atoms with Crippen molar-refractivity contribution in [1.29, 1.82) is 0 Å². The lowest BCUT2D eigenvalue weighted by Gasteiger charge is -2.26. The minimum absolute atomic E-state index is 0.0616. The van der Waals surface area contributed by atoms with Gasteiger partial charge in [0.05, 0.1) is 43.0 Å².